The van der Waals surface area contributed by atoms with E-state index >= 15 is 0 Å². The number of fused-ring (bicyclic) bond motifs is 2. The minimum absolute atomic E-state index is 0.0677. The summed E-state index contributed by atoms with van der Waals surface area (Å²) in [7, 11) is 0. The van der Waals surface area contributed by atoms with Crippen LogP contribution in [0.1, 0.15) is 41.4 Å². The summed E-state index contributed by atoms with van der Waals surface area (Å²) in [6.07, 6.45) is 0. The molecule has 0 unspecified atom stereocenters. The first-order chi connectivity index (χ1) is 17.3. The summed E-state index contributed by atoms with van der Waals surface area (Å²) < 4.78 is 0. The van der Waals surface area contributed by atoms with Crippen molar-refractivity contribution in [1.29, 1.82) is 0 Å². The number of hydrogen-bond donors (Lipinski definition) is 2. The lowest BCUT2D eigenvalue weighted by Crippen LogP contribution is -2.29. The van der Waals surface area contributed by atoms with Crippen molar-refractivity contribution in [3.05, 3.63) is 107 Å². The molecule has 2 N–H and O–H groups in total. The molecule has 8 heteroatoms. The van der Waals surface area contributed by atoms with E-state index in [4.69, 9.17) is 0 Å². The van der Waals surface area contributed by atoms with Gasteiger partial charge in [-0.15, -0.1) is 0 Å². The number of hydrogen-bond acceptors (Lipinski definition) is 6. The zero-order valence-electron chi connectivity index (χ0n) is 18.5. The Morgan fingerprint density at radius 3 is 1.22 bits per heavy atom. The Labute approximate surface area is 204 Å². The molecule has 6 rings (SSSR count). The fraction of sp³-hybridized carbons (Fsp3) is 0. The van der Waals surface area contributed by atoms with E-state index in [1.165, 1.54) is 24.3 Å². The summed E-state index contributed by atoms with van der Waals surface area (Å²) in [6.45, 7) is 0. The highest BCUT2D eigenvalue weighted by molar-refractivity contribution is 6.35. The maximum absolute atomic E-state index is 13.1. The molecule has 2 heterocycles. The number of phenols is 2. The van der Waals surface area contributed by atoms with E-state index in [0.29, 0.717) is 11.1 Å². The van der Waals surface area contributed by atoms with Gasteiger partial charge >= 0.3 is 0 Å². The summed E-state index contributed by atoms with van der Waals surface area (Å²) in [5.74, 6) is -2.18. The van der Waals surface area contributed by atoms with Gasteiger partial charge in [-0.25, -0.2) is 9.80 Å². The highest BCUT2D eigenvalue weighted by Crippen LogP contribution is 2.36. The average molecular weight is 476 g/mol. The Bertz CT molecular complexity index is 1530. The molecule has 0 atom stereocenters. The van der Waals surface area contributed by atoms with Gasteiger partial charge in [0.1, 0.15) is 11.5 Å². The minimum atomic E-state index is -0.523. The zero-order valence-corrected chi connectivity index (χ0v) is 18.5. The number of nitrogens with zero attached hydrogens (tertiary/aromatic N) is 2. The second kappa shape index (κ2) is 7.64. The van der Waals surface area contributed by atoms with Gasteiger partial charge in [-0.3, -0.25) is 19.2 Å². The number of carbonyl (C=O) groups excluding carboxylic acids is 4. The molecule has 0 aromatic heterocycles. The van der Waals surface area contributed by atoms with Crippen molar-refractivity contribution in [2.24, 2.45) is 0 Å². The third-order valence-corrected chi connectivity index (χ3v) is 6.28. The van der Waals surface area contributed by atoms with Crippen LogP contribution in [0.25, 0.3) is 11.1 Å². The van der Waals surface area contributed by atoms with Crippen molar-refractivity contribution < 1.29 is 29.4 Å². The van der Waals surface area contributed by atoms with E-state index < -0.39 is 23.6 Å². The first-order valence-electron chi connectivity index (χ1n) is 11.0. The standard InChI is InChI=1S/C28H16N2O6/c31-19-5-1-3-17(13-19)29-25(33)21-9-7-15(11-23(21)27(29)35)16-8-10-22-24(12-16)28(36)30(26(22)34)18-4-2-6-20(32)14-18/h1-14,31-32H. The number of aromatic hydroxyl groups is 2. The van der Waals surface area contributed by atoms with Crippen molar-refractivity contribution in [3.63, 3.8) is 0 Å². The first-order valence-corrected chi connectivity index (χ1v) is 11.0. The average Bonchev–Trinajstić information content (AvgIpc) is 3.27. The highest BCUT2D eigenvalue weighted by atomic mass is 16.3. The summed E-state index contributed by atoms with van der Waals surface area (Å²) in [6, 6.07) is 21.4. The summed E-state index contributed by atoms with van der Waals surface area (Å²) >= 11 is 0. The molecule has 4 aromatic carbocycles. The number of phenolic OH excluding ortho intramolecular Hbond substituents is 2. The van der Waals surface area contributed by atoms with Gasteiger partial charge in [-0.2, -0.15) is 0 Å². The van der Waals surface area contributed by atoms with Crippen LogP contribution in [-0.2, 0) is 0 Å². The van der Waals surface area contributed by atoms with Crippen LogP contribution in [-0.4, -0.2) is 33.8 Å². The number of benzene rings is 4. The van der Waals surface area contributed by atoms with Crippen LogP contribution in [0.5, 0.6) is 11.5 Å². The molecular formula is C28H16N2O6. The lowest BCUT2D eigenvalue weighted by molar-refractivity contribution is 0.0910. The van der Waals surface area contributed by atoms with E-state index in [1.54, 1.807) is 60.7 Å². The van der Waals surface area contributed by atoms with Crippen LogP contribution in [0.2, 0.25) is 0 Å². The van der Waals surface area contributed by atoms with Gasteiger partial charge in [0.2, 0.25) is 0 Å². The van der Waals surface area contributed by atoms with Crippen molar-refractivity contribution >= 4 is 35.0 Å². The summed E-state index contributed by atoms with van der Waals surface area (Å²) in [5, 5.41) is 19.5. The molecule has 4 aromatic rings. The fourth-order valence-electron chi connectivity index (χ4n) is 4.57. The van der Waals surface area contributed by atoms with Crippen LogP contribution in [0.4, 0.5) is 11.4 Å². The third kappa shape index (κ3) is 3.08. The second-order valence-electron chi connectivity index (χ2n) is 8.45. The Balaban J connectivity index is 1.37. The van der Waals surface area contributed by atoms with Crippen molar-refractivity contribution in [2.45, 2.75) is 0 Å². The Hall–Kier alpha value is -5.24. The molecular weight excluding hydrogens is 460 g/mol. The van der Waals surface area contributed by atoms with Gasteiger partial charge in [-0.05, 0) is 59.7 Å². The summed E-state index contributed by atoms with van der Waals surface area (Å²) in [4.78, 5) is 54.1. The largest absolute Gasteiger partial charge is 0.508 e. The van der Waals surface area contributed by atoms with Gasteiger partial charge in [0.05, 0.1) is 33.6 Å². The van der Waals surface area contributed by atoms with Gasteiger partial charge in [0, 0.05) is 12.1 Å². The highest BCUT2D eigenvalue weighted by Gasteiger charge is 2.38. The zero-order chi connectivity index (χ0) is 25.1. The molecule has 8 nitrogen and oxygen atoms in total. The fourth-order valence-corrected chi connectivity index (χ4v) is 4.57. The van der Waals surface area contributed by atoms with Crippen LogP contribution in [0.3, 0.4) is 0 Å². The molecule has 2 aliphatic heterocycles. The normalized spacial score (nSPS) is 14.4. The van der Waals surface area contributed by atoms with Crippen molar-refractivity contribution in [3.8, 4) is 22.6 Å². The molecule has 0 radical (unpaired) electrons. The van der Waals surface area contributed by atoms with E-state index in [9.17, 15) is 29.4 Å². The molecule has 0 spiro atoms. The second-order valence-corrected chi connectivity index (χ2v) is 8.45. The third-order valence-electron chi connectivity index (χ3n) is 6.28. The predicted octanol–water partition coefficient (Wildman–Crippen LogP) is 4.37. The summed E-state index contributed by atoms with van der Waals surface area (Å²) in [5.41, 5.74) is 2.56. The molecule has 4 amide bonds. The smallest absolute Gasteiger partial charge is 0.266 e. The topological polar surface area (TPSA) is 115 Å². The molecule has 174 valence electrons. The molecule has 2 aliphatic rings. The number of imide groups is 2. The predicted molar refractivity (Wildman–Crippen MR) is 130 cm³/mol. The SMILES string of the molecule is O=C1c2ccc(-c3ccc4c(c3)C(=O)N(c3cccc(O)c3)C4=O)cc2C(=O)N1c1cccc(O)c1. The molecule has 0 bridgehead atoms. The Morgan fingerprint density at radius 2 is 0.833 bits per heavy atom. The quantitative estimate of drug-likeness (QED) is 0.425. The first kappa shape index (κ1) is 21.3. The number of amides is 4. The van der Waals surface area contributed by atoms with Gasteiger partial charge < -0.3 is 10.2 Å². The molecule has 0 saturated carbocycles. The maximum Gasteiger partial charge on any atom is 0.266 e. The van der Waals surface area contributed by atoms with Gasteiger partial charge in [0.25, 0.3) is 23.6 Å². The van der Waals surface area contributed by atoms with Crippen LogP contribution < -0.4 is 9.80 Å². The Morgan fingerprint density at radius 1 is 0.444 bits per heavy atom. The number of rotatable bonds is 3. The van der Waals surface area contributed by atoms with Crippen molar-refractivity contribution in [2.75, 3.05) is 9.80 Å². The molecule has 0 aliphatic carbocycles. The van der Waals surface area contributed by atoms with E-state index in [2.05, 4.69) is 0 Å². The van der Waals surface area contributed by atoms with E-state index in [1.807, 2.05) is 0 Å². The minimum Gasteiger partial charge on any atom is -0.508 e. The van der Waals surface area contributed by atoms with Crippen LogP contribution in [0.15, 0.2) is 84.9 Å². The van der Waals surface area contributed by atoms with Gasteiger partial charge in [-0.1, -0.05) is 24.3 Å². The molecule has 0 saturated heterocycles. The lowest BCUT2D eigenvalue weighted by Gasteiger charge is -2.13. The molecule has 0 fully saturated rings. The lowest BCUT2D eigenvalue weighted by atomic mass is 9.97. The van der Waals surface area contributed by atoms with E-state index in [0.717, 1.165) is 9.80 Å². The monoisotopic (exact) mass is 476 g/mol. The number of anilines is 2. The Kier molecular flexibility index (Phi) is 4.52. The maximum atomic E-state index is 13.1. The van der Waals surface area contributed by atoms with Crippen molar-refractivity contribution in [1.82, 2.24) is 0 Å². The van der Waals surface area contributed by atoms with Gasteiger partial charge in [0.15, 0.2) is 0 Å². The number of carbonyl (C=O) groups is 4. The van der Waals surface area contributed by atoms with Crippen LogP contribution >= 0.6 is 0 Å². The van der Waals surface area contributed by atoms with Crippen LogP contribution in [0, 0.1) is 0 Å². The molecule has 36 heavy (non-hydrogen) atoms. The van der Waals surface area contributed by atoms with E-state index in [-0.39, 0.29) is 45.1 Å².